The molecule has 0 unspecified atom stereocenters. The average Bonchev–Trinajstić information content (AvgIpc) is 2.39. The van der Waals surface area contributed by atoms with Crippen molar-refractivity contribution in [1.82, 2.24) is 4.90 Å². The minimum absolute atomic E-state index is 0. The molecule has 1 saturated heterocycles. The van der Waals surface area contributed by atoms with Crippen molar-refractivity contribution in [3.8, 4) is 0 Å². The molecule has 1 aliphatic rings. The smallest absolute Gasteiger partial charge is 0.550 e. The van der Waals surface area contributed by atoms with Crippen molar-refractivity contribution < 1.29 is 66.1 Å². The Balaban J connectivity index is 0.00000196. The van der Waals surface area contributed by atoms with Gasteiger partial charge in [-0.2, -0.15) is 0 Å². The zero-order valence-electron chi connectivity index (χ0n) is 8.48. The number of thioether (sulfide) groups is 1. The summed E-state index contributed by atoms with van der Waals surface area (Å²) in [5.74, 6) is -1.40. The van der Waals surface area contributed by atoms with Crippen molar-refractivity contribution >= 4 is 40.2 Å². The second-order valence-electron chi connectivity index (χ2n) is 2.60. The van der Waals surface area contributed by atoms with Crippen molar-refractivity contribution in [2.24, 2.45) is 0 Å². The molecule has 0 aromatic carbocycles. The molecule has 0 aromatic rings. The molecule has 1 rings (SSSR count). The molecule has 0 aliphatic carbocycles. The van der Waals surface area contributed by atoms with E-state index in [4.69, 9.17) is 12.2 Å². The van der Waals surface area contributed by atoms with E-state index in [-0.39, 0.29) is 70.3 Å². The number of nitrogens with zero attached hydrogens (tertiary/aromatic N) is 1. The first kappa shape index (κ1) is 15.8. The van der Waals surface area contributed by atoms with E-state index in [1.54, 1.807) is 13.0 Å². The molecular weight excluding hydrogens is 261 g/mol. The maximum absolute atomic E-state index is 11.5. The fourth-order valence-electron chi connectivity index (χ4n) is 0.987. The summed E-state index contributed by atoms with van der Waals surface area (Å²) in [6.07, 6.45) is 1.47. The van der Waals surface area contributed by atoms with Crippen LogP contribution in [0.5, 0.6) is 0 Å². The first-order chi connectivity index (χ1) is 6.56. The van der Waals surface area contributed by atoms with Gasteiger partial charge in [0, 0.05) is 18.9 Å². The quantitative estimate of drug-likeness (QED) is 0.308. The van der Waals surface area contributed by atoms with E-state index < -0.39 is 5.97 Å². The van der Waals surface area contributed by atoms with Crippen LogP contribution in [0, 0.1) is 0 Å². The Morgan fingerprint density at radius 3 is 2.67 bits per heavy atom. The summed E-state index contributed by atoms with van der Waals surface area (Å²) in [6, 6.07) is 0. The number of thiocarbonyl (C=S) groups is 1. The molecule has 1 fully saturated rings. The van der Waals surface area contributed by atoms with Crippen LogP contribution in [0.4, 0.5) is 0 Å². The van der Waals surface area contributed by atoms with Gasteiger partial charge in [0.05, 0.1) is 4.91 Å². The van der Waals surface area contributed by atoms with Crippen molar-refractivity contribution in [2.75, 3.05) is 6.54 Å². The number of hydrogen-bond donors (Lipinski definition) is 0. The van der Waals surface area contributed by atoms with E-state index in [1.807, 2.05) is 0 Å². The number of carbonyl (C=O) groups is 2. The predicted molar refractivity (Wildman–Crippen MR) is 55.3 cm³/mol. The van der Waals surface area contributed by atoms with Crippen molar-refractivity contribution in [3.63, 3.8) is 0 Å². The summed E-state index contributed by atoms with van der Waals surface area (Å²) in [6.45, 7) is 1.83. The SMILES string of the molecule is C/C=C1/SC(=S)N(CCC(=O)[O-])C1=O.[K+]. The van der Waals surface area contributed by atoms with Gasteiger partial charge in [0.2, 0.25) is 0 Å². The van der Waals surface area contributed by atoms with Gasteiger partial charge in [-0.1, -0.05) is 30.1 Å². The molecule has 7 heteroatoms. The Morgan fingerprint density at radius 1 is 1.67 bits per heavy atom. The van der Waals surface area contributed by atoms with Crippen molar-refractivity contribution in [1.29, 1.82) is 0 Å². The molecule has 0 radical (unpaired) electrons. The fourth-order valence-corrected chi connectivity index (χ4v) is 2.22. The maximum Gasteiger partial charge on any atom is 1.00 e. The number of carboxylic acids is 1. The van der Waals surface area contributed by atoms with Crippen LogP contribution >= 0.6 is 24.0 Å². The van der Waals surface area contributed by atoms with Gasteiger partial charge in [-0.15, -0.1) is 0 Å². The van der Waals surface area contributed by atoms with Crippen LogP contribution in [0.3, 0.4) is 0 Å². The molecular formula is C8H8KNO3S2. The normalized spacial score (nSPS) is 18.2. The Morgan fingerprint density at radius 2 is 2.27 bits per heavy atom. The summed E-state index contributed by atoms with van der Waals surface area (Å²) in [5, 5.41) is 10.2. The molecule has 1 heterocycles. The molecule has 1 aliphatic heterocycles. The van der Waals surface area contributed by atoms with Gasteiger partial charge in [0.1, 0.15) is 4.32 Å². The zero-order valence-corrected chi connectivity index (χ0v) is 13.2. The second kappa shape index (κ2) is 7.15. The summed E-state index contributed by atoms with van der Waals surface area (Å²) in [5.41, 5.74) is 0. The van der Waals surface area contributed by atoms with E-state index >= 15 is 0 Å². The van der Waals surface area contributed by atoms with Crippen LogP contribution in [-0.4, -0.2) is 27.6 Å². The Kier molecular flexibility index (Phi) is 7.52. The van der Waals surface area contributed by atoms with E-state index in [2.05, 4.69) is 0 Å². The Bertz CT molecular complexity index is 330. The Labute approximate surface area is 140 Å². The topological polar surface area (TPSA) is 60.4 Å². The predicted octanol–water partition coefficient (Wildman–Crippen LogP) is -3.11. The number of allylic oxidation sites excluding steroid dienone is 1. The third-order valence-electron chi connectivity index (χ3n) is 1.68. The minimum Gasteiger partial charge on any atom is -0.550 e. The Hall–Kier alpha value is 0.756. The standard InChI is InChI=1S/C8H9NO3S2.K/c1-2-5-7(12)9(8(13)14-5)4-3-6(10)11;/h2H,3-4H2,1H3,(H,10,11);/q;+1/p-1/b5-2+;. The number of amides is 1. The molecule has 4 nitrogen and oxygen atoms in total. The van der Waals surface area contributed by atoms with Gasteiger partial charge < -0.3 is 9.90 Å². The molecule has 15 heavy (non-hydrogen) atoms. The van der Waals surface area contributed by atoms with Crippen LogP contribution in [0.25, 0.3) is 0 Å². The van der Waals surface area contributed by atoms with Gasteiger partial charge in [-0.25, -0.2) is 0 Å². The fraction of sp³-hybridized carbons (Fsp3) is 0.375. The van der Waals surface area contributed by atoms with Crippen LogP contribution in [0.15, 0.2) is 11.0 Å². The summed E-state index contributed by atoms with van der Waals surface area (Å²) in [4.78, 5) is 23.5. The van der Waals surface area contributed by atoms with Crippen LogP contribution < -0.4 is 56.5 Å². The molecule has 0 atom stereocenters. The first-order valence-electron chi connectivity index (χ1n) is 3.96. The maximum atomic E-state index is 11.5. The van der Waals surface area contributed by atoms with E-state index in [9.17, 15) is 14.7 Å². The van der Waals surface area contributed by atoms with Crippen LogP contribution in [0.1, 0.15) is 13.3 Å². The third kappa shape index (κ3) is 4.25. The first-order valence-corrected chi connectivity index (χ1v) is 5.18. The largest absolute Gasteiger partial charge is 1.00 e. The number of carboxylic acid groups (broad SMARTS) is 1. The molecule has 0 N–H and O–H groups in total. The van der Waals surface area contributed by atoms with Gasteiger partial charge in [0.25, 0.3) is 5.91 Å². The molecule has 76 valence electrons. The number of hydrogen-bond acceptors (Lipinski definition) is 5. The van der Waals surface area contributed by atoms with Crippen LogP contribution in [-0.2, 0) is 9.59 Å². The summed E-state index contributed by atoms with van der Waals surface area (Å²) in [7, 11) is 0. The monoisotopic (exact) mass is 269 g/mol. The van der Waals surface area contributed by atoms with Gasteiger partial charge in [-0.3, -0.25) is 9.69 Å². The third-order valence-corrected chi connectivity index (χ3v) is 3.17. The molecule has 0 saturated carbocycles. The van der Waals surface area contributed by atoms with Gasteiger partial charge in [0.15, 0.2) is 0 Å². The summed E-state index contributed by atoms with van der Waals surface area (Å²) >= 11 is 6.12. The molecule has 0 bridgehead atoms. The minimum atomic E-state index is -1.18. The second-order valence-corrected chi connectivity index (χ2v) is 4.28. The van der Waals surface area contributed by atoms with E-state index in [1.165, 1.54) is 16.7 Å². The van der Waals surface area contributed by atoms with Gasteiger partial charge >= 0.3 is 51.4 Å². The zero-order chi connectivity index (χ0) is 10.7. The number of aliphatic carboxylic acids is 1. The molecule has 1 amide bonds. The van der Waals surface area contributed by atoms with E-state index in [0.29, 0.717) is 9.23 Å². The molecule has 0 spiro atoms. The number of carbonyl (C=O) groups excluding carboxylic acids is 2. The average molecular weight is 269 g/mol. The number of rotatable bonds is 3. The molecule has 0 aromatic heterocycles. The van der Waals surface area contributed by atoms with Gasteiger partial charge in [-0.05, 0) is 6.92 Å². The van der Waals surface area contributed by atoms with E-state index in [0.717, 1.165) is 0 Å². The van der Waals surface area contributed by atoms with Crippen LogP contribution in [0.2, 0.25) is 0 Å². The summed E-state index contributed by atoms with van der Waals surface area (Å²) < 4.78 is 0.407. The van der Waals surface area contributed by atoms with Crippen molar-refractivity contribution in [2.45, 2.75) is 13.3 Å². The van der Waals surface area contributed by atoms with Crippen molar-refractivity contribution in [3.05, 3.63) is 11.0 Å².